The molecule has 0 aromatic carbocycles. The van der Waals surface area contributed by atoms with E-state index in [0.717, 1.165) is 0 Å². The SMILES string of the molecule is CCC(O)c1ncc[nH]1. The minimum Gasteiger partial charge on any atom is -0.385 e. The summed E-state index contributed by atoms with van der Waals surface area (Å²) in [5.41, 5.74) is 0. The van der Waals surface area contributed by atoms with Crippen LogP contribution in [0.25, 0.3) is 0 Å². The summed E-state index contributed by atoms with van der Waals surface area (Å²) >= 11 is 0. The highest BCUT2D eigenvalue weighted by Crippen LogP contribution is 2.08. The first-order chi connectivity index (χ1) is 4.34. The lowest BCUT2D eigenvalue weighted by atomic mass is 10.3. The van der Waals surface area contributed by atoms with Gasteiger partial charge in [0.25, 0.3) is 0 Å². The molecule has 2 N–H and O–H groups in total. The zero-order valence-corrected chi connectivity index (χ0v) is 5.33. The van der Waals surface area contributed by atoms with Crippen molar-refractivity contribution < 1.29 is 5.11 Å². The van der Waals surface area contributed by atoms with Crippen molar-refractivity contribution in [1.29, 1.82) is 0 Å². The van der Waals surface area contributed by atoms with E-state index in [2.05, 4.69) is 9.97 Å². The Morgan fingerprint density at radius 3 is 3.11 bits per heavy atom. The molecule has 0 aliphatic carbocycles. The Bertz CT molecular complexity index is 160. The third-order valence-electron chi connectivity index (χ3n) is 1.22. The van der Waals surface area contributed by atoms with Crippen LogP contribution in [-0.4, -0.2) is 15.1 Å². The van der Waals surface area contributed by atoms with Crippen LogP contribution in [0.5, 0.6) is 0 Å². The van der Waals surface area contributed by atoms with Gasteiger partial charge in [0, 0.05) is 12.4 Å². The molecule has 0 spiro atoms. The molecule has 1 atom stereocenters. The Morgan fingerprint density at radius 1 is 1.89 bits per heavy atom. The van der Waals surface area contributed by atoms with Crippen molar-refractivity contribution in [2.45, 2.75) is 19.4 Å². The maximum Gasteiger partial charge on any atom is 0.134 e. The van der Waals surface area contributed by atoms with Crippen molar-refractivity contribution >= 4 is 0 Å². The number of aliphatic hydroxyl groups excluding tert-OH is 1. The summed E-state index contributed by atoms with van der Waals surface area (Å²) in [4.78, 5) is 6.71. The molecule has 0 amide bonds. The van der Waals surface area contributed by atoms with E-state index in [-0.39, 0.29) is 0 Å². The van der Waals surface area contributed by atoms with Crippen molar-refractivity contribution in [2.75, 3.05) is 0 Å². The van der Waals surface area contributed by atoms with E-state index in [4.69, 9.17) is 5.11 Å². The molecular formula is C6H10N2O. The lowest BCUT2D eigenvalue weighted by Gasteiger charge is -2.00. The van der Waals surface area contributed by atoms with Gasteiger partial charge in [-0.3, -0.25) is 0 Å². The third-order valence-corrected chi connectivity index (χ3v) is 1.22. The minimum absolute atomic E-state index is 0.431. The van der Waals surface area contributed by atoms with Gasteiger partial charge in [0.2, 0.25) is 0 Å². The highest BCUT2D eigenvalue weighted by molar-refractivity contribution is 4.90. The molecule has 1 unspecified atom stereocenters. The Kier molecular flexibility index (Phi) is 1.85. The number of rotatable bonds is 2. The second-order valence-corrected chi connectivity index (χ2v) is 1.90. The van der Waals surface area contributed by atoms with Crippen molar-refractivity contribution in [3.05, 3.63) is 18.2 Å². The fourth-order valence-electron chi connectivity index (χ4n) is 0.653. The second-order valence-electron chi connectivity index (χ2n) is 1.90. The zero-order chi connectivity index (χ0) is 6.69. The molecule has 1 aromatic rings. The largest absolute Gasteiger partial charge is 0.385 e. The molecule has 0 saturated heterocycles. The monoisotopic (exact) mass is 126 g/mol. The Labute approximate surface area is 53.7 Å². The van der Waals surface area contributed by atoms with Gasteiger partial charge >= 0.3 is 0 Å². The normalized spacial score (nSPS) is 13.6. The molecule has 3 nitrogen and oxygen atoms in total. The number of H-pyrrole nitrogens is 1. The van der Waals surface area contributed by atoms with E-state index in [0.29, 0.717) is 12.2 Å². The second kappa shape index (κ2) is 2.64. The standard InChI is InChI=1S/C6H10N2O/c1-2-5(9)6-7-3-4-8-6/h3-5,9H,2H2,1H3,(H,7,8). The first-order valence-electron chi connectivity index (χ1n) is 3.02. The predicted octanol–water partition coefficient (Wildman–Crippen LogP) is 0.853. The average molecular weight is 126 g/mol. The van der Waals surface area contributed by atoms with Crippen LogP contribution in [-0.2, 0) is 0 Å². The molecule has 0 saturated carbocycles. The summed E-state index contributed by atoms with van der Waals surface area (Å²) in [5, 5.41) is 9.12. The van der Waals surface area contributed by atoms with Crippen LogP contribution in [0.15, 0.2) is 12.4 Å². The van der Waals surface area contributed by atoms with Gasteiger partial charge in [0.05, 0.1) is 0 Å². The topological polar surface area (TPSA) is 48.9 Å². The number of aliphatic hydroxyl groups is 1. The number of aromatic nitrogens is 2. The number of hydrogen-bond donors (Lipinski definition) is 2. The molecule has 50 valence electrons. The zero-order valence-electron chi connectivity index (χ0n) is 5.33. The average Bonchev–Trinajstić information content (AvgIpc) is 2.37. The van der Waals surface area contributed by atoms with Gasteiger partial charge in [-0.25, -0.2) is 4.98 Å². The van der Waals surface area contributed by atoms with Crippen molar-refractivity contribution in [3.63, 3.8) is 0 Å². The Morgan fingerprint density at radius 2 is 2.67 bits per heavy atom. The van der Waals surface area contributed by atoms with Gasteiger partial charge in [0.1, 0.15) is 11.9 Å². The van der Waals surface area contributed by atoms with Crippen molar-refractivity contribution in [1.82, 2.24) is 9.97 Å². The van der Waals surface area contributed by atoms with E-state index in [1.807, 2.05) is 6.92 Å². The third kappa shape index (κ3) is 1.29. The number of imidazole rings is 1. The van der Waals surface area contributed by atoms with Gasteiger partial charge in [-0.15, -0.1) is 0 Å². The van der Waals surface area contributed by atoms with Gasteiger partial charge < -0.3 is 10.1 Å². The summed E-state index contributed by atoms with van der Waals surface area (Å²) in [5.74, 6) is 0.650. The number of nitrogens with zero attached hydrogens (tertiary/aromatic N) is 1. The van der Waals surface area contributed by atoms with E-state index in [1.165, 1.54) is 0 Å². The lowest BCUT2D eigenvalue weighted by Crippen LogP contribution is -1.96. The molecule has 0 fully saturated rings. The van der Waals surface area contributed by atoms with Crippen LogP contribution >= 0.6 is 0 Å². The Hall–Kier alpha value is -0.830. The number of aromatic amines is 1. The summed E-state index contributed by atoms with van der Waals surface area (Å²) in [6.07, 6.45) is 3.61. The smallest absolute Gasteiger partial charge is 0.134 e. The maximum atomic E-state index is 9.12. The summed E-state index contributed by atoms with van der Waals surface area (Å²) < 4.78 is 0. The molecule has 0 bridgehead atoms. The fourth-order valence-corrected chi connectivity index (χ4v) is 0.653. The van der Waals surface area contributed by atoms with Gasteiger partial charge in [-0.05, 0) is 6.42 Å². The molecule has 9 heavy (non-hydrogen) atoms. The molecule has 3 heteroatoms. The molecule has 0 aliphatic rings. The fraction of sp³-hybridized carbons (Fsp3) is 0.500. The highest BCUT2D eigenvalue weighted by atomic mass is 16.3. The molecule has 1 heterocycles. The van der Waals surface area contributed by atoms with Gasteiger partial charge in [-0.1, -0.05) is 6.92 Å². The first kappa shape index (κ1) is 6.29. The molecule has 0 aliphatic heterocycles. The van der Waals surface area contributed by atoms with Crippen LogP contribution in [0.4, 0.5) is 0 Å². The van der Waals surface area contributed by atoms with Crippen LogP contribution in [0.2, 0.25) is 0 Å². The number of nitrogens with one attached hydrogen (secondary N) is 1. The van der Waals surface area contributed by atoms with Gasteiger partial charge in [-0.2, -0.15) is 0 Å². The van der Waals surface area contributed by atoms with Crippen LogP contribution in [0, 0.1) is 0 Å². The molecule has 1 rings (SSSR count). The lowest BCUT2D eigenvalue weighted by molar-refractivity contribution is 0.164. The van der Waals surface area contributed by atoms with E-state index in [1.54, 1.807) is 12.4 Å². The quantitative estimate of drug-likeness (QED) is 0.617. The van der Waals surface area contributed by atoms with Crippen LogP contribution in [0.1, 0.15) is 25.3 Å². The van der Waals surface area contributed by atoms with Crippen molar-refractivity contribution in [2.24, 2.45) is 0 Å². The maximum absolute atomic E-state index is 9.12. The molecule has 1 aromatic heterocycles. The summed E-state index contributed by atoms with van der Waals surface area (Å²) in [7, 11) is 0. The summed E-state index contributed by atoms with van der Waals surface area (Å²) in [6.45, 7) is 1.91. The highest BCUT2D eigenvalue weighted by Gasteiger charge is 2.04. The van der Waals surface area contributed by atoms with E-state index < -0.39 is 6.10 Å². The molecule has 0 radical (unpaired) electrons. The Balaban J connectivity index is 2.65. The summed E-state index contributed by atoms with van der Waals surface area (Å²) in [6, 6.07) is 0. The van der Waals surface area contributed by atoms with E-state index >= 15 is 0 Å². The minimum atomic E-state index is -0.431. The van der Waals surface area contributed by atoms with Crippen LogP contribution < -0.4 is 0 Å². The van der Waals surface area contributed by atoms with Gasteiger partial charge in [0.15, 0.2) is 0 Å². The number of hydrogen-bond acceptors (Lipinski definition) is 2. The van der Waals surface area contributed by atoms with Crippen LogP contribution in [0.3, 0.4) is 0 Å². The first-order valence-corrected chi connectivity index (χ1v) is 3.02. The van der Waals surface area contributed by atoms with E-state index in [9.17, 15) is 0 Å². The van der Waals surface area contributed by atoms with Crippen molar-refractivity contribution in [3.8, 4) is 0 Å². The molecular weight excluding hydrogens is 116 g/mol. The predicted molar refractivity (Wildman–Crippen MR) is 33.8 cm³/mol.